The van der Waals surface area contributed by atoms with Gasteiger partial charge in [0, 0.05) is 23.3 Å². The molecule has 1 aliphatic heterocycles. The third-order valence-corrected chi connectivity index (χ3v) is 3.98. The number of nitro groups is 1. The van der Waals surface area contributed by atoms with E-state index in [1.54, 1.807) is 4.90 Å². The molecule has 0 radical (unpaired) electrons. The Morgan fingerprint density at radius 3 is 2.77 bits per heavy atom. The van der Waals surface area contributed by atoms with Crippen molar-refractivity contribution in [3.05, 3.63) is 68.7 Å². The number of nitrogens with zero attached hydrogens (tertiary/aromatic N) is 2. The fourth-order valence-electron chi connectivity index (χ4n) is 2.73. The Morgan fingerprint density at radius 2 is 2.00 bits per heavy atom. The first kappa shape index (κ1) is 14.5. The third-order valence-electron chi connectivity index (χ3n) is 3.74. The molecule has 0 fully saturated rings. The summed E-state index contributed by atoms with van der Waals surface area (Å²) in [5.74, 6) is -0.365. The Hall–Kier alpha value is -2.40. The standard InChI is InChI=1S/C16H13ClN2O3/c17-12-7-8-13(15(10-12)19(21)22)16(20)18-9-3-5-11-4-1-2-6-14(11)18/h1-2,4,6-8,10H,3,5,9H2. The second-order valence-corrected chi connectivity index (χ2v) is 5.54. The van der Waals surface area contributed by atoms with E-state index in [-0.39, 0.29) is 22.2 Å². The molecule has 2 aromatic carbocycles. The van der Waals surface area contributed by atoms with Crippen molar-refractivity contribution < 1.29 is 9.72 Å². The van der Waals surface area contributed by atoms with Crippen LogP contribution >= 0.6 is 11.6 Å². The van der Waals surface area contributed by atoms with Gasteiger partial charge in [-0.05, 0) is 36.6 Å². The number of amides is 1. The highest BCUT2D eigenvalue weighted by Gasteiger charge is 2.28. The van der Waals surface area contributed by atoms with Crippen LogP contribution in [0.5, 0.6) is 0 Å². The summed E-state index contributed by atoms with van der Waals surface area (Å²) in [6.07, 6.45) is 1.74. The fraction of sp³-hybridized carbons (Fsp3) is 0.188. The number of carbonyl (C=O) groups excluding carboxylic acids is 1. The normalized spacial score (nSPS) is 13.6. The summed E-state index contributed by atoms with van der Waals surface area (Å²) in [7, 11) is 0. The summed E-state index contributed by atoms with van der Waals surface area (Å²) < 4.78 is 0. The predicted octanol–water partition coefficient (Wildman–Crippen LogP) is 3.84. The number of halogens is 1. The number of hydrogen-bond donors (Lipinski definition) is 0. The average molecular weight is 317 g/mol. The molecular formula is C16H13ClN2O3. The molecular weight excluding hydrogens is 304 g/mol. The van der Waals surface area contributed by atoms with Gasteiger partial charge in [-0.2, -0.15) is 0 Å². The van der Waals surface area contributed by atoms with E-state index in [9.17, 15) is 14.9 Å². The zero-order valence-corrected chi connectivity index (χ0v) is 12.4. The predicted molar refractivity (Wildman–Crippen MR) is 84.5 cm³/mol. The highest BCUT2D eigenvalue weighted by atomic mass is 35.5. The molecule has 0 unspecified atom stereocenters. The van der Waals surface area contributed by atoms with Gasteiger partial charge in [0.15, 0.2) is 0 Å². The van der Waals surface area contributed by atoms with Crippen LogP contribution in [0.2, 0.25) is 5.02 Å². The molecule has 0 N–H and O–H groups in total. The molecule has 3 rings (SSSR count). The number of para-hydroxylation sites is 1. The Balaban J connectivity index is 2.05. The van der Waals surface area contributed by atoms with Gasteiger partial charge in [0.25, 0.3) is 11.6 Å². The van der Waals surface area contributed by atoms with E-state index in [0.29, 0.717) is 6.54 Å². The molecule has 0 spiro atoms. The van der Waals surface area contributed by atoms with Crippen molar-refractivity contribution in [1.29, 1.82) is 0 Å². The number of hydrogen-bond acceptors (Lipinski definition) is 3. The minimum absolute atomic E-state index is 0.0612. The molecule has 22 heavy (non-hydrogen) atoms. The lowest BCUT2D eigenvalue weighted by Crippen LogP contribution is -2.35. The third kappa shape index (κ3) is 2.55. The van der Waals surface area contributed by atoms with Crippen molar-refractivity contribution in [3.63, 3.8) is 0 Å². The van der Waals surface area contributed by atoms with Crippen LogP contribution in [0.15, 0.2) is 42.5 Å². The summed E-state index contributed by atoms with van der Waals surface area (Å²) in [6, 6.07) is 11.8. The summed E-state index contributed by atoms with van der Waals surface area (Å²) >= 11 is 5.80. The van der Waals surface area contributed by atoms with Gasteiger partial charge in [0.1, 0.15) is 5.56 Å². The van der Waals surface area contributed by atoms with Crippen LogP contribution in [0.25, 0.3) is 0 Å². The highest BCUT2D eigenvalue weighted by Crippen LogP contribution is 2.31. The van der Waals surface area contributed by atoms with E-state index in [4.69, 9.17) is 11.6 Å². The molecule has 112 valence electrons. The van der Waals surface area contributed by atoms with Crippen LogP contribution in [0.1, 0.15) is 22.3 Å². The maximum atomic E-state index is 12.8. The van der Waals surface area contributed by atoms with E-state index in [1.165, 1.54) is 18.2 Å². The largest absolute Gasteiger partial charge is 0.308 e. The quantitative estimate of drug-likeness (QED) is 0.624. The number of nitro benzene ring substituents is 1. The first-order chi connectivity index (χ1) is 10.6. The first-order valence-electron chi connectivity index (χ1n) is 6.91. The van der Waals surface area contributed by atoms with Crippen LogP contribution < -0.4 is 4.90 Å². The van der Waals surface area contributed by atoms with E-state index in [0.717, 1.165) is 24.1 Å². The molecule has 0 saturated carbocycles. The molecule has 5 nitrogen and oxygen atoms in total. The number of benzene rings is 2. The minimum Gasteiger partial charge on any atom is -0.308 e. The van der Waals surface area contributed by atoms with Crippen LogP contribution in [0.4, 0.5) is 11.4 Å². The van der Waals surface area contributed by atoms with Crippen molar-refractivity contribution in [1.82, 2.24) is 0 Å². The fourth-order valence-corrected chi connectivity index (χ4v) is 2.89. The number of rotatable bonds is 2. The van der Waals surface area contributed by atoms with Crippen LogP contribution in [0.3, 0.4) is 0 Å². The molecule has 1 heterocycles. The van der Waals surface area contributed by atoms with Gasteiger partial charge in [-0.25, -0.2) is 0 Å². The second-order valence-electron chi connectivity index (χ2n) is 5.11. The molecule has 6 heteroatoms. The zero-order valence-electron chi connectivity index (χ0n) is 11.7. The van der Waals surface area contributed by atoms with E-state index >= 15 is 0 Å². The molecule has 1 aliphatic rings. The van der Waals surface area contributed by atoms with Crippen LogP contribution in [-0.2, 0) is 6.42 Å². The summed E-state index contributed by atoms with van der Waals surface area (Å²) in [6.45, 7) is 0.551. The van der Waals surface area contributed by atoms with E-state index < -0.39 is 4.92 Å². The van der Waals surface area contributed by atoms with Crippen LogP contribution in [0, 0.1) is 10.1 Å². The zero-order chi connectivity index (χ0) is 15.7. The monoisotopic (exact) mass is 316 g/mol. The van der Waals surface area contributed by atoms with Crippen molar-refractivity contribution >= 4 is 28.9 Å². The lowest BCUT2D eigenvalue weighted by molar-refractivity contribution is -0.385. The number of aryl methyl sites for hydroxylation is 1. The molecule has 0 atom stereocenters. The van der Waals surface area contributed by atoms with E-state index in [2.05, 4.69) is 0 Å². The SMILES string of the molecule is O=C(c1ccc(Cl)cc1[N+](=O)[O-])N1CCCc2ccccc21. The second kappa shape index (κ2) is 5.77. The lowest BCUT2D eigenvalue weighted by Gasteiger charge is -2.29. The lowest BCUT2D eigenvalue weighted by atomic mass is 10.0. The number of fused-ring (bicyclic) bond motifs is 1. The van der Waals surface area contributed by atoms with Gasteiger partial charge in [0.05, 0.1) is 4.92 Å². The minimum atomic E-state index is -0.574. The summed E-state index contributed by atoms with van der Waals surface area (Å²) in [4.78, 5) is 25.0. The summed E-state index contributed by atoms with van der Waals surface area (Å²) in [5.41, 5.74) is 1.70. The molecule has 1 amide bonds. The van der Waals surface area contributed by atoms with Gasteiger partial charge in [-0.1, -0.05) is 29.8 Å². The van der Waals surface area contributed by atoms with Crippen molar-refractivity contribution in [3.8, 4) is 0 Å². The van der Waals surface area contributed by atoms with Crippen molar-refractivity contribution in [2.24, 2.45) is 0 Å². The Kier molecular flexibility index (Phi) is 3.81. The van der Waals surface area contributed by atoms with Gasteiger partial charge in [0.2, 0.25) is 0 Å². The maximum Gasteiger partial charge on any atom is 0.283 e. The van der Waals surface area contributed by atoms with Gasteiger partial charge in [-0.15, -0.1) is 0 Å². The molecule has 0 aliphatic carbocycles. The highest BCUT2D eigenvalue weighted by molar-refractivity contribution is 6.31. The molecule has 0 saturated heterocycles. The Labute approximate surface area is 132 Å². The molecule has 2 aromatic rings. The number of carbonyl (C=O) groups is 1. The average Bonchev–Trinajstić information content (AvgIpc) is 2.53. The van der Waals surface area contributed by atoms with E-state index in [1.807, 2.05) is 24.3 Å². The Bertz CT molecular complexity index is 761. The first-order valence-corrected chi connectivity index (χ1v) is 7.29. The molecule has 0 bridgehead atoms. The van der Waals surface area contributed by atoms with Gasteiger partial charge < -0.3 is 4.90 Å². The molecule has 0 aromatic heterocycles. The topological polar surface area (TPSA) is 63.4 Å². The Morgan fingerprint density at radius 1 is 1.23 bits per heavy atom. The van der Waals surface area contributed by atoms with Crippen LogP contribution in [-0.4, -0.2) is 17.4 Å². The summed E-state index contributed by atoms with van der Waals surface area (Å²) in [5, 5.41) is 11.4. The van der Waals surface area contributed by atoms with Crippen molar-refractivity contribution in [2.75, 3.05) is 11.4 Å². The van der Waals surface area contributed by atoms with Gasteiger partial charge in [-0.3, -0.25) is 14.9 Å². The maximum absolute atomic E-state index is 12.8. The van der Waals surface area contributed by atoms with Gasteiger partial charge >= 0.3 is 0 Å². The number of anilines is 1. The smallest absolute Gasteiger partial charge is 0.283 e. The van der Waals surface area contributed by atoms with Crippen molar-refractivity contribution in [2.45, 2.75) is 12.8 Å².